The lowest BCUT2D eigenvalue weighted by molar-refractivity contribution is -0.0138. The van der Waals surface area contributed by atoms with Crippen LogP contribution in [0.2, 0.25) is 0 Å². The predicted molar refractivity (Wildman–Crippen MR) is 111 cm³/mol. The van der Waals surface area contributed by atoms with Gasteiger partial charge in [0, 0.05) is 0 Å². The van der Waals surface area contributed by atoms with E-state index in [0.717, 1.165) is 36.0 Å². The van der Waals surface area contributed by atoms with Crippen molar-refractivity contribution >= 4 is 0 Å². The van der Waals surface area contributed by atoms with Crippen LogP contribution in [-0.2, 0) is 17.6 Å². The van der Waals surface area contributed by atoms with E-state index in [9.17, 15) is 0 Å². The number of allylic oxidation sites excluding steroid dienone is 1. The molecule has 2 heteroatoms. The molecule has 5 atom stereocenters. The lowest BCUT2D eigenvalue weighted by Crippen LogP contribution is -2.37. The van der Waals surface area contributed by atoms with Gasteiger partial charge < -0.3 is 9.47 Å². The zero-order valence-electron chi connectivity index (χ0n) is 17.2. The number of hydrogen-bond acceptors (Lipinski definition) is 2. The summed E-state index contributed by atoms with van der Waals surface area (Å²) < 4.78 is 11.5. The Kier molecular flexibility index (Phi) is 6.22. The summed E-state index contributed by atoms with van der Waals surface area (Å²) in [5.41, 5.74) is 3.10. The van der Waals surface area contributed by atoms with E-state index in [2.05, 4.69) is 37.3 Å². The maximum atomic E-state index is 6.08. The standard InChI is InChI=1S/C25H36O2/c1-3-4-13-27-25-12-10-21-15-19(6-8-23(21)17-25)18-5-7-22-16-24(26-2)11-9-20(22)14-18/h3-4,9,11,16,18-19,21,23,25H,5-8,10,12-15,17H2,1-2H3. The molecule has 27 heavy (non-hydrogen) atoms. The molecule has 1 aromatic rings. The zero-order chi connectivity index (χ0) is 18.6. The van der Waals surface area contributed by atoms with E-state index in [-0.39, 0.29) is 0 Å². The second-order valence-corrected chi connectivity index (χ2v) is 9.07. The molecule has 5 unspecified atom stereocenters. The molecule has 2 saturated carbocycles. The van der Waals surface area contributed by atoms with E-state index >= 15 is 0 Å². The molecule has 0 spiro atoms. The molecule has 1 aromatic carbocycles. The second-order valence-electron chi connectivity index (χ2n) is 9.07. The van der Waals surface area contributed by atoms with Gasteiger partial charge in [0.25, 0.3) is 0 Å². The van der Waals surface area contributed by atoms with Crippen molar-refractivity contribution in [1.82, 2.24) is 0 Å². The zero-order valence-corrected chi connectivity index (χ0v) is 17.2. The summed E-state index contributed by atoms with van der Waals surface area (Å²) >= 11 is 0. The van der Waals surface area contributed by atoms with Crippen LogP contribution in [0.1, 0.15) is 63.0 Å². The molecule has 148 valence electrons. The van der Waals surface area contributed by atoms with Crippen molar-refractivity contribution in [1.29, 1.82) is 0 Å². The molecule has 0 bridgehead atoms. The minimum absolute atomic E-state index is 0.510. The van der Waals surface area contributed by atoms with Crippen LogP contribution < -0.4 is 4.74 Å². The minimum atomic E-state index is 0.510. The van der Waals surface area contributed by atoms with Crippen LogP contribution in [0.3, 0.4) is 0 Å². The van der Waals surface area contributed by atoms with E-state index in [1.165, 1.54) is 63.4 Å². The van der Waals surface area contributed by atoms with Gasteiger partial charge in [-0.2, -0.15) is 0 Å². The monoisotopic (exact) mass is 368 g/mol. The van der Waals surface area contributed by atoms with Crippen molar-refractivity contribution in [3.63, 3.8) is 0 Å². The Balaban J connectivity index is 1.31. The molecule has 2 nitrogen and oxygen atoms in total. The summed E-state index contributed by atoms with van der Waals surface area (Å²) in [6.45, 7) is 2.87. The van der Waals surface area contributed by atoms with Crippen LogP contribution in [0.25, 0.3) is 0 Å². The third-order valence-corrected chi connectivity index (χ3v) is 7.62. The average molecular weight is 369 g/mol. The van der Waals surface area contributed by atoms with Gasteiger partial charge in [-0.1, -0.05) is 18.2 Å². The maximum Gasteiger partial charge on any atom is 0.119 e. The topological polar surface area (TPSA) is 18.5 Å². The average Bonchev–Trinajstić information content (AvgIpc) is 2.72. The van der Waals surface area contributed by atoms with Crippen molar-refractivity contribution in [3.05, 3.63) is 41.5 Å². The first-order valence-corrected chi connectivity index (χ1v) is 11.1. The molecule has 0 aliphatic heterocycles. The molecule has 0 radical (unpaired) electrons. The number of fused-ring (bicyclic) bond motifs is 2. The maximum absolute atomic E-state index is 6.08. The first-order chi connectivity index (χ1) is 13.3. The highest BCUT2D eigenvalue weighted by Gasteiger charge is 2.38. The van der Waals surface area contributed by atoms with Gasteiger partial charge in [0.2, 0.25) is 0 Å². The summed E-state index contributed by atoms with van der Waals surface area (Å²) in [6, 6.07) is 6.73. The Morgan fingerprint density at radius 3 is 2.52 bits per heavy atom. The summed E-state index contributed by atoms with van der Waals surface area (Å²) in [5.74, 6) is 4.74. The molecule has 4 rings (SSSR count). The third-order valence-electron chi connectivity index (χ3n) is 7.62. The quantitative estimate of drug-likeness (QED) is 0.595. The Morgan fingerprint density at radius 2 is 1.70 bits per heavy atom. The molecule has 0 saturated heterocycles. The second kappa shape index (κ2) is 8.82. The molecule has 2 fully saturated rings. The summed E-state index contributed by atoms with van der Waals surface area (Å²) in [5, 5.41) is 0. The molecule has 0 N–H and O–H groups in total. The Bertz CT molecular complexity index is 650. The van der Waals surface area contributed by atoms with Crippen LogP contribution in [0.4, 0.5) is 0 Å². The largest absolute Gasteiger partial charge is 0.497 e. The van der Waals surface area contributed by atoms with Crippen LogP contribution >= 0.6 is 0 Å². The Labute approximate surface area is 165 Å². The van der Waals surface area contributed by atoms with E-state index in [0.29, 0.717) is 6.10 Å². The first-order valence-electron chi connectivity index (χ1n) is 11.1. The lowest BCUT2D eigenvalue weighted by atomic mass is 9.62. The Morgan fingerprint density at radius 1 is 0.926 bits per heavy atom. The van der Waals surface area contributed by atoms with Crippen molar-refractivity contribution in [2.24, 2.45) is 23.7 Å². The fraction of sp³-hybridized carbons (Fsp3) is 0.680. The molecular formula is C25H36O2. The normalized spacial score (nSPS) is 33.5. The first kappa shape index (κ1) is 19.1. The van der Waals surface area contributed by atoms with Gasteiger partial charge in [0.05, 0.1) is 19.8 Å². The molecule has 0 heterocycles. The third kappa shape index (κ3) is 4.42. The number of aryl methyl sites for hydroxylation is 1. The van der Waals surface area contributed by atoms with Gasteiger partial charge in [0.15, 0.2) is 0 Å². The van der Waals surface area contributed by atoms with Crippen LogP contribution in [0, 0.1) is 23.7 Å². The molecule has 3 aliphatic rings. The molecule has 3 aliphatic carbocycles. The van der Waals surface area contributed by atoms with Gasteiger partial charge >= 0.3 is 0 Å². The molecular weight excluding hydrogens is 332 g/mol. The van der Waals surface area contributed by atoms with Crippen LogP contribution in [-0.4, -0.2) is 19.8 Å². The molecule has 0 amide bonds. The van der Waals surface area contributed by atoms with Gasteiger partial charge in [-0.05, 0) is 112 Å². The van der Waals surface area contributed by atoms with E-state index < -0.39 is 0 Å². The minimum Gasteiger partial charge on any atom is -0.497 e. The number of hydrogen-bond donors (Lipinski definition) is 0. The highest BCUT2D eigenvalue weighted by atomic mass is 16.5. The fourth-order valence-corrected chi connectivity index (χ4v) is 6.04. The SMILES string of the molecule is CC=CCOC1CCC2CC(C3CCc4cc(OC)ccc4C3)CCC2C1. The van der Waals surface area contributed by atoms with E-state index in [4.69, 9.17) is 9.47 Å². The number of ether oxygens (including phenoxy) is 2. The number of methoxy groups -OCH3 is 1. The Hall–Kier alpha value is -1.28. The lowest BCUT2D eigenvalue weighted by Gasteiger charge is -2.44. The number of benzene rings is 1. The summed E-state index contributed by atoms with van der Waals surface area (Å²) in [6.07, 6.45) is 17.0. The van der Waals surface area contributed by atoms with Gasteiger partial charge in [-0.3, -0.25) is 0 Å². The van der Waals surface area contributed by atoms with Gasteiger partial charge in [-0.15, -0.1) is 0 Å². The van der Waals surface area contributed by atoms with Gasteiger partial charge in [0.1, 0.15) is 5.75 Å². The van der Waals surface area contributed by atoms with Crippen LogP contribution in [0.5, 0.6) is 5.75 Å². The molecule has 0 aromatic heterocycles. The fourth-order valence-electron chi connectivity index (χ4n) is 6.04. The van der Waals surface area contributed by atoms with Crippen molar-refractivity contribution < 1.29 is 9.47 Å². The van der Waals surface area contributed by atoms with E-state index in [1.807, 2.05) is 0 Å². The van der Waals surface area contributed by atoms with Crippen molar-refractivity contribution in [2.45, 2.75) is 70.8 Å². The summed E-state index contributed by atoms with van der Waals surface area (Å²) in [7, 11) is 1.77. The van der Waals surface area contributed by atoms with E-state index in [1.54, 1.807) is 12.7 Å². The highest BCUT2D eigenvalue weighted by Crippen LogP contribution is 2.47. The van der Waals surface area contributed by atoms with Crippen molar-refractivity contribution in [2.75, 3.05) is 13.7 Å². The highest BCUT2D eigenvalue weighted by molar-refractivity contribution is 5.37. The predicted octanol–water partition coefficient (Wildman–Crippen LogP) is 5.98. The van der Waals surface area contributed by atoms with Crippen LogP contribution in [0.15, 0.2) is 30.4 Å². The van der Waals surface area contributed by atoms with Gasteiger partial charge in [-0.25, -0.2) is 0 Å². The number of rotatable bonds is 5. The summed E-state index contributed by atoms with van der Waals surface area (Å²) in [4.78, 5) is 0. The van der Waals surface area contributed by atoms with Crippen molar-refractivity contribution in [3.8, 4) is 5.75 Å². The smallest absolute Gasteiger partial charge is 0.119 e.